The molecule has 0 aromatic carbocycles. The second kappa shape index (κ2) is 3.08. The zero-order chi connectivity index (χ0) is 9.14. The van der Waals surface area contributed by atoms with Gasteiger partial charge in [0.25, 0.3) is 0 Å². The second-order valence-electron chi connectivity index (χ2n) is 2.15. The number of furan rings is 1. The van der Waals surface area contributed by atoms with Gasteiger partial charge < -0.3 is 14.6 Å². The molecule has 0 atom stereocenters. The monoisotopic (exact) mass is 170 g/mol. The molecule has 0 unspecified atom stereocenters. The van der Waals surface area contributed by atoms with E-state index in [1.54, 1.807) is 0 Å². The lowest BCUT2D eigenvalue weighted by molar-refractivity contribution is -0.136. The van der Waals surface area contributed by atoms with Crippen LogP contribution >= 0.6 is 0 Å². The van der Waals surface area contributed by atoms with Crippen molar-refractivity contribution in [3.63, 3.8) is 0 Å². The third kappa shape index (κ3) is 1.63. The smallest absolute Gasteiger partial charge is 0.372 e. The van der Waals surface area contributed by atoms with Crippen molar-refractivity contribution in [2.75, 3.05) is 0 Å². The van der Waals surface area contributed by atoms with Crippen LogP contribution in [-0.4, -0.2) is 22.2 Å². The molecule has 0 aliphatic rings. The predicted molar refractivity (Wildman–Crippen MR) is 37.0 cm³/mol. The Morgan fingerprint density at radius 3 is 2.58 bits per heavy atom. The number of carboxylic acids is 2. The standard InChI is InChI=1S/C7H6O5/c8-5(9)3-4-1-2-12-6(4)7(10)11/h1-2H,3H2,(H,8,9)(H,10,11). The number of aromatic carboxylic acids is 1. The Hall–Kier alpha value is -1.78. The lowest BCUT2D eigenvalue weighted by Gasteiger charge is -1.92. The fourth-order valence-electron chi connectivity index (χ4n) is 0.825. The number of hydrogen-bond acceptors (Lipinski definition) is 3. The van der Waals surface area contributed by atoms with Crippen LogP contribution in [0.1, 0.15) is 16.1 Å². The Labute approximate surface area is 67.2 Å². The van der Waals surface area contributed by atoms with E-state index >= 15 is 0 Å². The van der Waals surface area contributed by atoms with Crippen LogP contribution < -0.4 is 0 Å². The highest BCUT2D eigenvalue weighted by atomic mass is 16.4. The highest BCUT2D eigenvalue weighted by Gasteiger charge is 2.15. The van der Waals surface area contributed by atoms with Crippen molar-refractivity contribution in [3.05, 3.63) is 23.7 Å². The average molecular weight is 170 g/mol. The van der Waals surface area contributed by atoms with Crippen molar-refractivity contribution in [2.24, 2.45) is 0 Å². The van der Waals surface area contributed by atoms with E-state index in [1.807, 2.05) is 0 Å². The van der Waals surface area contributed by atoms with Crippen LogP contribution in [0.2, 0.25) is 0 Å². The minimum Gasteiger partial charge on any atom is -0.481 e. The molecule has 0 spiro atoms. The molecule has 0 aliphatic carbocycles. The molecule has 1 heterocycles. The maximum absolute atomic E-state index is 10.4. The van der Waals surface area contributed by atoms with E-state index in [0.29, 0.717) is 0 Å². The first-order valence-corrected chi connectivity index (χ1v) is 3.12. The zero-order valence-electron chi connectivity index (χ0n) is 5.98. The lowest BCUT2D eigenvalue weighted by Crippen LogP contribution is -2.04. The molecule has 0 amide bonds. The molecule has 1 aromatic heterocycles. The van der Waals surface area contributed by atoms with E-state index in [1.165, 1.54) is 6.07 Å². The molecule has 0 saturated carbocycles. The Balaban J connectivity index is 2.91. The molecule has 0 radical (unpaired) electrons. The van der Waals surface area contributed by atoms with Crippen molar-refractivity contribution in [1.82, 2.24) is 0 Å². The molecule has 12 heavy (non-hydrogen) atoms. The Morgan fingerprint density at radius 1 is 1.42 bits per heavy atom. The van der Waals surface area contributed by atoms with Gasteiger partial charge in [-0.25, -0.2) is 4.79 Å². The van der Waals surface area contributed by atoms with Crippen molar-refractivity contribution in [2.45, 2.75) is 6.42 Å². The number of aliphatic carboxylic acids is 1. The van der Waals surface area contributed by atoms with Crippen LogP contribution in [-0.2, 0) is 11.2 Å². The van der Waals surface area contributed by atoms with Gasteiger partial charge >= 0.3 is 11.9 Å². The van der Waals surface area contributed by atoms with Gasteiger partial charge in [0.2, 0.25) is 5.76 Å². The average Bonchev–Trinajstić information content (AvgIpc) is 2.33. The van der Waals surface area contributed by atoms with Crippen LogP contribution in [0.15, 0.2) is 16.7 Å². The molecule has 0 bridgehead atoms. The van der Waals surface area contributed by atoms with Gasteiger partial charge in [-0.3, -0.25) is 4.79 Å². The van der Waals surface area contributed by atoms with Crippen LogP contribution in [0.3, 0.4) is 0 Å². The Morgan fingerprint density at radius 2 is 2.08 bits per heavy atom. The molecule has 2 N–H and O–H groups in total. The summed E-state index contributed by atoms with van der Waals surface area (Å²) in [7, 11) is 0. The van der Waals surface area contributed by atoms with Crippen LogP contribution in [0, 0.1) is 0 Å². The van der Waals surface area contributed by atoms with E-state index in [2.05, 4.69) is 4.42 Å². The molecule has 1 rings (SSSR count). The maximum atomic E-state index is 10.4. The first-order chi connectivity index (χ1) is 5.61. The summed E-state index contributed by atoms with van der Waals surface area (Å²) in [6, 6.07) is 1.33. The minimum atomic E-state index is -1.25. The Kier molecular flexibility index (Phi) is 2.14. The highest BCUT2D eigenvalue weighted by molar-refractivity contribution is 5.87. The molecule has 0 saturated heterocycles. The van der Waals surface area contributed by atoms with Gasteiger partial charge in [-0.1, -0.05) is 0 Å². The van der Waals surface area contributed by atoms with E-state index in [9.17, 15) is 9.59 Å². The number of hydrogen-bond donors (Lipinski definition) is 2. The number of rotatable bonds is 3. The fourth-order valence-corrected chi connectivity index (χ4v) is 0.825. The van der Waals surface area contributed by atoms with Crippen LogP contribution in [0.25, 0.3) is 0 Å². The van der Waals surface area contributed by atoms with Gasteiger partial charge in [0.1, 0.15) is 0 Å². The predicted octanol–water partition coefficient (Wildman–Crippen LogP) is 0.605. The SMILES string of the molecule is O=C(O)Cc1ccoc1C(=O)O. The molecule has 5 heteroatoms. The van der Waals surface area contributed by atoms with Crippen LogP contribution in [0.5, 0.6) is 0 Å². The molecular formula is C7H6O5. The summed E-state index contributed by atoms with van der Waals surface area (Å²) in [6.45, 7) is 0. The highest BCUT2D eigenvalue weighted by Crippen LogP contribution is 2.10. The summed E-state index contributed by atoms with van der Waals surface area (Å²) < 4.78 is 4.56. The quantitative estimate of drug-likeness (QED) is 0.693. The van der Waals surface area contributed by atoms with Gasteiger partial charge in [0, 0.05) is 5.56 Å². The van der Waals surface area contributed by atoms with Crippen molar-refractivity contribution in [1.29, 1.82) is 0 Å². The summed E-state index contributed by atoms with van der Waals surface area (Å²) in [6.07, 6.45) is 0.819. The first kappa shape index (κ1) is 8.32. The molecule has 0 aliphatic heterocycles. The van der Waals surface area contributed by atoms with E-state index in [-0.39, 0.29) is 17.7 Å². The summed E-state index contributed by atoms with van der Waals surface area (Å²) in [5.41, 5.74) is 0.176. The summed E-state index contributed by atoms with van der Waals surface area (Å²) >= 11 is 0. The van der Waals surface area contributed by atoms with Crippen molar-refractivity contribution < 1.29 is 24.2 Å². The van der Waals surface area contributed by atoms with Gasteiger partial charge in [0.05, 0.1) is 12.7 Å². The topological polar surface area (TPSA) is 87.7 Å². The largest absolute Gasteiger partial charge is 0.481 e. The minimum absolute atomic E-state index is 0.176. The van der Waals surface area contributed by atoms with E-state index in [0.717, 1.165) is 6.26 Å². The normalized spacial score (nSPS) is 9.67. The van der Waals surface area contributed by atoms with Crippen LogP contribution in [0.4, 0.5) is 0 Å². The zero-order valence-corrected chi connectivity index (χ0v) is 5.98. The summed E-state index contributed by atoms with van der Waals surface area (Å²) in [5.74, 6) is -2.65. The van der Waals surface area contributed by atoms with Crippen molar-refractivity contribution >= 4 is 11.9 Å². The van der Waals surface area contributed by atoms with Gasteiger partial charge in [-0.05, 0) is 6.07 Å². The molecule has 1 aromatic rings. The second-order valence-corrected chi connectivity index (χ2v) is 2.15. The van der Waals surface area contributed by atoms with Gasteiger partial charge in [-0.15, -0.1) is 0 Å². The van der Waals surface area contributed by atoms with Gasteiger partial charge in [-0.2, -0.15) is 0 Å². The van der Waals surface area contributed by atoms with E-state index < -0.39 is 11.9 Å². The van der Waals surface area contributed by atoms with Gasteiger partial charge in [0.15, 0.2) is 0 Å². The summed E-state index contributed by atoms with van der Waals surface area (Å²) in [4.78, 5) is 20.6. The lowest BCUT2D eigenvalue weighted by atomic mass is 10.2. The number of carboxylic acid groups (broad SMARTS) is 2. The molecule has 5 nitrogen and oxygen atoms in total. The first-order valence-electron chi connectivity index (χ1n) is 3.12. The third-order valence-corrected chi connectivity index (χ3v) is 1.28. The summed E-state index contributed by atoms with van der Waals surface area (Å²) in [5, 5.41) is 16.8. The Bertz CT molecular complexity index is 311. The number of carbonyl (C=O) groups is 2. The maximum Gasteiger partial charge on any atom is 0.372 e. The molecular weight excluding hydrogens is 164 g/mol. The van der Waals surface area contributed by atoms with E-state index in [4.69, 9.17) is 10.2 Å². The molecule has 64 valence electrons. The molecule has 0 fully saturated rings. The third-order valence-electron chi connectivity index (χ3n) is 1.28. The fraction of sp³-hybridized carbons (Fsp3) is 0.143. The van der Waals surface area contributed by atoms with Crippen molar-refractivity contribution in [3.8, 4) is 0 Å².